The van der Waals surface area contributed by atoms with Crippen LogP contribution in [-0.4, -0.2) is 48.1 Å². The number of carbonyl (C=O) groups is 1. The van der Waals surface area contributed by atoms with Crippen molar-refractivity contribution in [2.45, 2.75) is 30.7 Å². The van der Waals surface area contributed by atoms with Crippen molar-refractivity contribution in [3.63, 3.8) is 0 Å². The number of sulfone groups is 1. The van der Waals surface area contributed by atoms with Crippen LogP contribution >= 0.6 is 0 Å². The van der Waals surface area contributed by atoms with Gasteiger partial charge in [-0.25, -0.2) is 13.4 Å². The lowest BCUT2D eigenvalue weighted by atomic mass is 10.0. The number of piperidine rings is 1. The fourth-order valence-electron chi connectivity index (χ4n) is 3.10. The monoisotopic (exact) mass is 347 g/mol. The van der Waals surface area contributed by atoms with Gasteiger partial charge in [0.2, 0.25) is 0 Å². The molecule has 1 aromatic carbocycles. The standard InChI is InChI=1S/C17H21N3O3S/c1-13-5-6-15(24(2,22)23)10-16(13)17(21)19-8-3-4-14(11-19)20-9-7-18-12-20/h5-7,9-10,12,14H,3-4,8,11H2,1-2H3/t14-/m0/s1. The summed E-state index contributed by atoms with van der Waals surface area (Å²) < 4.78 is 25.6. The highest BCUT2D eigenvalue weighted by atomic mass is 32.2. The molecular weight excluding hydrogens is 326 g/mol. The van der Waals surface area contributed by atoms with Gasteiger partial charge >= 0.3 is 0 Å². The third-order valence-corrected chi connectivity index (χ3v) is 5.61. The van der Waals surface area contributed by atoms with E-state index in [-0.39, 0.29) is 16.8 Å². The first-order valence-corrected chi connectivity index (χ1v) is 9.83. The van der Waals surface area contributed by atoms with Gasteiger partial charge in [-0.2, -0.15) is 0 Å². The Bertz CT molecular complexity index is 844. The lowest BCUT2D eigenvalue weighted by Crippen LogP contribution is -2.40. The minimum atomic E-state index is -3.34. The van der Waals surface area contributed by atoms with Crippen molar-refractivity contribution in [1.82, 2.24) is 14.5 Å². The predicted octanol–water partition coefficient (Wildman–Crippen LogP) is 2.07. The van der Waals surface area contributed by atoms with Crippen LogP contribution < -0.4 is 0 Å². The molecule has 2 heterocycles. The Kier molecular flexibility index (Phi) is 4.45. The Morgan fingerprint density at radius 1 is 1.33 bits per heavy atom. The summed E-state index contributed by atoms with van der Waals surface area (Å²) >= 11 is 0. The van der Waals surface area contributed by atoms with Gasteiger partial charge < -0.3 is 9.47 Å². The Morgan fingerprint density at radius 3 is 2.79 bits per heavy atom. The summed E-state index contributed by atoms with van der Waals surface area (Å²) in [6, 6.07) is 4.95. The molecule has 0 N–H and O–H groups in total. The molecule has 7 heteroatoms. The Labute approximate surface area is 142 Å². The second-order valence-electron chi connectivity index (χ2n) is 6.31. The molecule has 0 radical (unpaired) electrons. The zero-order valence-corrected chi connectivity index (χ0v) is 14.7. The topological polar surface area (TPSA) is 72.3 Å². The summed E-state index contributed by atoms with van der Waals surface area (Å²) in [5.74, 6) is -0.109. The molecule has 1 aromatic heterocycles. The van der Waals surface area contributed by atoms with Gasteiger partial charge in [-0.15, -0.1) is 0 Å². The molecule has 1 amide bonds. The van der Waals surface area contributed by atoms with E-state index >= 15 is 0 Å². The second-order valence-corrected chi connectivity index (χ2v) is 8.32. The second kappa shape index (κ2) is 6.39. The van der Waals surface area contributed by atoms with E-state index in [1.165, 1.54) is 6.07 Å². The van der Waals surface area contributed by atoms with Crippen LogP contribution in [0.25, 0.3) is 0 Å². The lowest BCUT2D eigenvalue weighted by molar-refractivity contribution is 0.0678. The molecule has 128 valence electrons. The molecule has 0 aliphatic carbocycles. The molecular formula is C17H21N3O3S. The third-order valence-electron chi connectivity index (χ3n) is 4.50. The maximum atomic E-state index is 12.9. The van der Waals surface area contributed by atoms with Gasteiger partial charge in [-0.3, -0.25) is 4.79 Å². The first kappa shape index (κ1) is 16.7. The number of hydrogen-bond donors (Lipinski definition) is 0. The molecule has 1 aliphatic rings. The molecule has 1 fully saturated rings. The Morgan fingerprint density at radius 2 is 2.12 bits per heavy atom. The van der Waals surface area contributed by atoms with Crippen LogP contribution in [0.3, 0.4) is 0 Å². The average molecular weight is 347 g/mol. The van der Waals surface area contributed by atoms with Crippen molar-refractivity contribution < 1.29 is 13.2 Å². The highest BCUT2D eigenvalue weighted by molar-refractivity contribution is 7.90. The number of aromatic nitrogens is 2. The summed E-state index contributed by atoms with van der Waals surface area (Å²) in [4.78, 5) is 19.0. The zero-order chi connectivity index (χ0) is 17.3. The van der Waals surface area contributed by atoms with Crippen LogP contribution in [0.5, 0.6) is 0 Å². The molecule has 24 heavy (non-hydrogen) atoms. The Balaban J connectivity index is 1.86. The molecule has 1 saturated heterocycles. The number of hydrogen-bond acceptors (Lipinski definition) is 4. The molecule has 6 nitrogen and oxygen atoms in total. The molecule has 1 atom stereocenters. The van der Waals surface area contributed by atoms with Gasteiger partial charge in [-0.1, -0.05) is 6.07 Å². The van der Waals surface area contributed by atoms with E-state index in [2.05, 4.69) is 4.98 Å². The molecule has 0 unspecified atom stereocenters. The normalized spacial score (nSPS) is 18.6. The minimum Gasteiger partial charge on any atom is -0.337 e. The van der Waals surface area contributed by atoms with Gasteiger partial charge in [0, 0.05) is 37.3 Å². The van der Waals surface area contributed by atoms with Crippen molar-refractivity contribution in [3.05, 3.63) is 48.0 Å². The van der Waals surface area contributed by atoms with Crippen LogP contribution in [0.15, 0.2) is 41.8 Å². The summed E-state index contributed by atoms with van der Waals surface area (Å²) in [5.41, 5.74) is 1.25. The Hall–Kier alpha value is -2.15. The first-order chi connectivity index (χ1) is 11.4. The van der Waals surface area contributed by atoms with E-state index in [9.17, 15) is 13.2 Å². The summed E-state index contributed by atoms with van der Waals surface area (Å²) in [6.07, 6.45) is 8.49. The van der Waals surface area contributed by atoms with Crippen LogP contribution in [0, 0.1) is 6.92 Å². The number of aryl methyl sites for hydroxylation is 1. The van der Waals surface area contributed by atoms with E-state index < -0.39 is 9.84 Å². The van der Waals surface area contributed by atoms with Gasteiger partial charge in [0.25, 0.3) is 5.91 Å². The number of imidazole rings is 1. The van der Waals surface area contributed by atoms with Crippen LogP contribution in [0.2, 0.25) is 0 Å². The zero-order valence-electron chi connectivity index (χ0n) is 13.8. The van der Waals surface area contributed by atoms with Crippen LogP contribution in [0.1, 0.15) is 34.8 Å². The predicted molar refractivity (Wildman–Crippen MR) is 90.7 cm³/mol. The SMILES string of the molecule is Cc1ccc(S(C)(=O)=O)cc1C(=O)N1CCC[C@H](n2ccnc2)C1. The van der Waals surface area contributed by atoms with Crippen molar-refractivity contribution in [2.75, 3.05) is 19.3 Å². The maximum Gasteiger partial charge on any atom is 0.254 e. The molecule has 2 aromatic rings. The maximum absolute atomic E-state index is 12.9. The van der Waals surface area contributed by atoms with Gasteiger partial charge in [0.1, 0.15) is 0 Å². The number of nitrogens with zero attached hydrogens (tertiary/aromatic N) is 3. The molecule has 0 bridgehead atoms. The van der Waals surface area contributed by atoms with Crippen molar-refractivity contribution in [1.29, 1.82) is 0 Å². The highest BCUT2D eigenvalue weighted by Crippen LogP contribution is 2.24. The molecule has 0 spiro atoms. The van der Waals surface area contributed by atoms with Crippen molar-refractivity contribution in [3.8, 4) is 0 Å². The van der Waals surface area contributed by atoms with Crippen molar-refractivity contribution in [2.24, 2.45) is 0 Å². The van der Waals surface area contributed by atoms with E-state index in [1.54, 1.807) is 24.7 Å². The largest absolute Gasteiger partial charge is 0.337 e. The van der Waals surface area contributed by atoms with Gasteiger partial charge in [0.05, 0.1) is 17.3 Å². The summed E-state index contributed by atoms with van der Waals surface area (Å²) in [7, 11) is -3.34. The molecule has 1 aliphatic heterocycles. The summed E-state index contributed by atoms with van der Waals surface area (Å²) in [6.45, 7) is 3.13. The number of likely N-dealkylation sites (tertiary alicyclic amines) is 1. The lowest BCUT2D eigenvalue weighted by Gasteiger charge is -2.33. The molecule has 3 rings (SSSR count). The number of rotatable bonds is 3. The third kappa shape index (κ3) is 3.36. The van der Waals surface area contributed by atoms with Crippen molar-refractivity contribution >= 4 is 15.7 Å². The number of benzene rings is 1. The van der Waals surface area contributed by atoms with E-state index in [1.807, 2.05) is 22.6 Å². The van der Waals surface area contributed by atoms with Gasteiger partial charge in [-0.05, 0) is 37.5 Å². The van der Waals surface area contributed by atoms with E-state index in [0.29, 0.717) is 18.7 Å². The van der Waals surface area contributed by atoms with E-state index in [4.69, 9.17) is 0 Å². The number of carbonyl (C=O) groups excluding carboxylic acids is 1. The van der Waals surface area contributed by atoms with E-state index in [0.717, 1.165) is 24.7 Å². The highest BCUT2D eigenvalue weighted by Gasteiger charge is 2.26. The van der Waals surface area contributed by atoms with Crippen LogP contribution in [-0.2, 0) is 9.84 Å². The number of amides is 1. The fraction of sp³-hybridized carbons (Fsp3) is 0.412. The first-order valence-electron chi connectivity index (χ1n) is 7.93. The minimum absolute atomic E-state index is 0.109. The average Bonchev–Trinajstić information content (AvgIpc) is 3.08. The smallest absolute Gasteiger partial charge is 0.254 e. The van der Waals surface area contributed by atoms with Gasteiger partial charge in [0.15, 0.2) is 9.84 Å². The fourth-order valence-corrected chi connectivity index (χ4v) is 3.75. The summed E-state index contributed by atoms with van der Waals surface area (Å²) in [5, 5.41) is 0. The van der Waals surface area contributed by atoms with Crippen LogP contribution in [0.4, 0.5) is 0 Å². The quantitative estimate of drug-likeness (QED) is 0.852. The molecule has 0 saturated carbocycles.